The van der Waals surface area contributed by atoms with Crippen molar-refractivity contribution < 1.29 is 4.74 Å². The standard InChI is InChI=1S/C13H25N3O/c1-6-17-13(2,3)11(14-4)7-8-12-15-9-10-16(12)5/h9-11,14H,6-8H2,1-5H3. The van der Waals surface area contributed by atoms with Gasteiger partial charge >= 0.3 is 0 Å². The first-order valence-electron chi connectivity index (χ1n) is 6.28. The maximum absolute atomic E-state index is 5.79. The molecule has 0 amide bonds. The molecule has 1 rings (SSSR count). The maximum atomic E-state index is 5.79. The van der Waals surface area contributed by atoms with Gasteiger partial charge in [-0.15, -0.1) is 0 Å². The van der Waals surface area contributed by atoms with Gasteiger partial charge in [-0.2, -0.15) is 0 Å². The van der Waals surface area contributed by atoms with Crippen LogP contribution in [-0.4, -0.2) is 34.8 Å². The van der Waals surface area contributed by atoms with Crippen LogP contribution < -0.4 is 5.32 Å². The summed E-state index contributed by atoms with van der Waals surface area (Å²) >= 11 is 0. The second-order valence-electron chi connectivity index (χ2n) is 4.87. The van der Waals surface area contributed by atoms with Crippen molar-refractivity contribution in [1.82, 2.24) is 14.9 Å². The van der Waals surface area contributed by atoms with Crippen LogP contribution in [0.5, 0.6) is 0 Å². The molecule has 0 aromatic carbocycles. The normalized spacial score (nSPS) is 13.9. The van der Waals surface area contributed by atoms with Crippen LogP contribution in [0.15, 0.2) is 12.4 Å². The van der Waals surface area contributed by atoms with Gasteiger partial charge in [0.15, 0.2) is 0 Å². The van der Waals surface area contributed by atoms with Crippen LogP contribution in [0, 0.1) is 0 Å². The molecule has 0 aliphatic heterocycles. The molecule has 0 spiro atoms. The molecule has 0 saturated heterocycles. The monoisotopic (exact) mass is 239 g/mol. The van der Waals surface area contributed by atoms with Gasteiger partial charge in [0.05, 0.1) is 5.60 Å². The zero-order chi connectivity index (χ0) is 12.9. The number of ether oxygens (including phenoxy) is 1. The number of aromatic nitrogens is 2. The molecule has 4 nitrogen and oxygen atoms in total. The number of hydrogen-bond acceptors (Lipinski definition) is 3. The zero-order valence-electron chi connectivity index (χ0n) is 11.7. The van der Waals surface area contributed by atoms with E-state index in [0.717, 1.165) is 25.3 Å². The second kappa shape index (κ2) is 6.17. The minimum absolute atomic E-state index is 0.144. The quantitative estimate of drug-likeness (QED) is 0.788. The molecule has 0 fully saturated rings. The van der Waals surface area contributed by atoms with Crippen molar-refractivity contribution in [1.29, 1.82) is 0 Å². The SMILES string of the molecule is CCOC(C)(C)C(CCc1nccn1C)NC. The Labute approximate surface area is 104 Å². The number of aryl methyl sites for hydroxylation is 2. The van der Waals surface area contributed by atoms with E-state index in [2.05, 4.69) is 28.7 Å². The summed E-state index contributed by atoms with van der Waals surface area (Å²) in [6, 6.07) is 0.333. The highest BCUT2D eigenvalue weighted by Crippen LogP contribution is 2.18. The predicted octanol–water partition coefficient (Wildman–Crippen LogP) is 1.76. The predicted molar refractivity (Wildman–Crippen MR) is 70.1 cm³/mol. The van der Waals surface area contributed by atoms with Crippen LogP contribution in [0.3, 0.4) is 0 Å². The number of nitrogens with zero attached hydrogens (tertiary/aromatic N) is 2. The van der Waals surface area contributed by atoms with Gasteiger partial charge in [0.2, 0.25) is 0 Å². The smallest absolute Gasteiger partial charge is 0.108 e. The molecule has 1 heterocycles. The summed E-state index contributed by atoms with van der Waals surface area (Å²) in [6.45, 7) is 7.05. The van der Waals surface area contributed by atoms with E-state index in [1.54, 1.807) is 0 Å². The first-order chi connectivity index (χ1) is 8.01. The lowest BCUT2D eigenvalue weighted by atomic mass is 9.94. The van der Waals surface area contributed by atoms with Gasteiger partial charge in [0.1, 0.15) is 5.82 Å². The summed E-state index contributed by atoms with van der Waals surface area (Å²) in [7, 11) is 4.02. The highest BCUT2D eigenvalue weighted by Gasteiger charge is 2.28. The third-order valence-electron chi connectivity index (χ3n) is 3.28. The van der Waals surface area contributed by atoms with Gasteiger partial charge in [-0.1, -0.05) is 0 Å². The van der Waals surface area contributed by atoms with E-state index in [0.29, 0.717) is 6.04 Å². The molecule has 1 atom stereocenters. The number of imidazole rings is 1. The first-order valence-corrected chi connectivity index (χ1v) is 6.28. The Morgan fingerprint density at radius 2 is 2.24 bits per heavy atom. The van der Waals surface area contributed by atoms with Gasteiger partial charge < -0.3 is 14.6 Å². The summed E-state index contributed by atoms with van der Waals surface area (Å²) in [5.74, 6) is 1.12. The summed E-state index contributed by atoms with van der Waals surface area (Å²) in [6.07, 6.45) is 5.81. The molecule has 1 N–H and O–H groups in total. The van der Waals surface area contributed by atoms with Crippen LogP contribution in [0.4, 0.5) is 0 Å². The highest BCUT2D eigenvalue weighted by molar-refractivity contribution is 4.94. The molecular formula is C13H25N3O. The lowest BCUT2D eigenvalue weighted by Crippen LogP contribution is -2.47. The fourth-order valence-corrected chi connectivity index (χ4v) is 2.22. The number of hydrogen-bond donors (Lipinski definition) is 1. The molecule has 0 aliphatic carbocycles. The van der Waals surface area contributed by atoms with Crippen molar-refractivity contribution in [3.63, 3.8) is 0 Å². The molecule has 0 aliphatic rings. The molecule has 0 radical (unpaired) electrons. The minimum Gasteiger partial charge on any atom is -0.374 e. The third-order valence-corrected chi connectivity index (χ3v) is 3.28. The topological polar surface area (TPSA) is 39.1 Å². The highest BCUT2D eigenvalue weighted by atomic mass is 16.5. The average Bonchev–Trinajstić information content (AvgIpc) is 2.65. The van der Waals surface area contributed by atoms with Gasteiger partial charge in [-0.3, -0.25) is 0 Å². The van der Waals surface area contributed by atoms with Crippen molar-refractivity contribution >= 4 is 0 Å². The van der Waals surface area contributed by atoms with Crippen LogP contribution >= 0.6 is 0 Å². The van der Waals surface area contributed by atoms with Crippen molar-refractivity contribution in [3.8, 4) is 0 Å². The summed E-state index contributed by atoms with van der Waals surface area (Å²) in [5, 5.41) is 3.35. The van der Waals surface area contributed by atoms with Gasteiger partial charge in [-0.05, 0) is 34.2 Å². The van der Waals surface area contributed by atoms with E-state index in [-0.39, 0.29) is 5.60 Å². The Bertz CT molecular complexity index is 333. The Hall–Kier alpha value is -0.870. The molecule has 0 bridgehead atoms. The third kappa shape index (κ3) is 3.82. The fraction of sp³-hybridized carbons (Fsp3) is 0.769. The lowest BCUT2D eigenvalue weighted by Gasteiger charge is -2.34. The van der Waals surface area contributed by atoms with E-state index in [9.17, 15) is 0 Å². The lowest BCUT2D eigenvalue weighted by molar-refractivity contribution is -0.0383. The Kier molecular flexibility index (Phi) is 5.15. The molecular weight excluding hydrogens is 214 g/mol. The summed E-state index contributed by atoms with van der Waals surface area (Å²) < 4.78 is 7.86. The van der Waals surface area contributed by atoms with E-state index in [4.69, 9.17) is 4.74 Å². The van der Waals surface area contributed by atoms with E-state index >= 15 is 0 Å². The van der Waals surface area contributed by atoms with Gasteiger partial charge in [-0.25, -0.2) is 4.98 Å². The summed E-state index contributed by atoms with van der Waals surface area (Å²) in [4.78, 5) is 4.34. The van der Waals surface area contributed by atoms with Gasteiger partial charge in [0, 0.05) is 38.5 Å². The van der Waals surface area contributed by atoms with Crippen LogP contribution in [-0.2, 0) is 18.2 Å². The number of rotatable bonds is 7. The molecule has 98 valence electrons. The average molecular weight is 239 g/mol. The Morgan fingerprint density at radius 1 is 1.53 bits per heavy atom. The van der Waals surface area contributed by atoms with Crippen molar-refractivity contribution in [2.24, 2.45) is 7.05 Å². The number of nitrogens with one attached hydrogen (secondary N) is 1. The summed E-state index contributed by atoms with van der Waals surface area (Å²) in [5.41, 5.74) is -0.144. The largest absolute Gasteiger partial charge is 0.374 e. The Morgan fingerprint density at radius 3 is 2.71 bits per heavy atom. The van der Waals surface area contributed by atoms with Crippen molar-refractivity contribution in [2.45, 2.75) is 45.3 Å². The molecule has 4 heteroatoms. The molecule has 1 aromatic rings. The fourth-order valence-electron chi connectivity index (χ4n) is 2.22. The number of likely N-dealkylation sites (N-methyl/N-ethyl adjacent to an activating group) is 1. The molecule has 0 saturated carbocycles. The van der Waals surface area contributed by atoms with E-state index < -0.39 is 0 Å². The van der Waals surface area contributed by atoms with Crippen LogP contribution in [0.2, 0.25) is 0 Å². The van der Waals surface area contributed by atoms with E-state index in [1.807, 2.05) is 33.4 Å². The van der Waals surface area contributed by atoms with E-state index in [1.165, 1.54) is 0 Å². The van der Waals surface area contributed by atoms with Crippen molar-refractivity contribution in [2.75, 3.05) is 13.7 Å². The first kappa shape index (κ1) is 14.2. The van der Waals surface area contributed by atoms with Crippen molar-refractivity contribution in [3.05, 3.63) is 18.2 Å². The molecule has 1 unspecified atom stereocenters. The zero-order valence-corrected chi connectivity index (χ0v) is 11.7. The van der Waals surface area contributed by atoms with Crippen LogP contribution in [0.25, 0.3) is 0 Å². The van der Waals surface area contributed by atoms with Gasteiger partial charge in [0.25, 0.3) is 0 Å². The second-order valence-corrected chi connectivity index (χ2v) is 4.87. The Balaban J connectivity index is 2.56. The van der Waals surface area contributed by atoms with Crippen LogP contribution in [0.1, 0.15) is 33.0 Å². The molecule has 17 heavy (non-hydrogen) atoms. The maximum Gasteiger partial charge on any atom is 0.108 e. The minimum atomic E-state index is -0.144. The molecule has 1 aromatic heterocycles.